The van der Waals surface area contributed by atoms with Gasteiger partial charge in [-0.2, -0.15) is 5.10 Å². The first kappa shape index (κ1) is 11.1. The van der Waals surface area contributed by atoms with Crippen LogP contribution >= 0.6 is 0 Å². The van der Waals surface area contributed by atoms with E-state index in [0.717, 1.165) is 5.69 Å². The molecule has 1 amide bonds. The van der Waals surface area contributed by atoms with Crippen molar-refractivity contribution in [3.05, 3.63) is 35.8 Å². The fourth-order valence-electron chi connectivity index (χ4n) is 1.51. The van der Waals surface area contributed by atoms with Gasteiger partial charge >= 0.3 is 0 Å². The molecule has 0 radical (unpaired) electrons. The molecule has 6 heteroatoms. The third-order valence-corrected chi connectivity index (χ3v) is 2.30. The lowest BCUT2D eigenvalue weighted by molar-refractivity contribution is 0.102. The highest BCUT2D eigenvalue weighted by atomic mass is 16.2. The number of aryl methyl sites for hydroxylation is 2. The van der Waals surface area contributed by atoms with E-state index < -0.39 is 0 Å². The summed E-state index contributed by atoms with van der Waals surface area (Å²) in [7, 11) is 1.75. The van der Waals surface area contributed by atoms with Crippen LogP contribution in [0.1, 0.15) is 16.2 Å². The standard InChI is InChI=1S/C11H13N5O/c1-7-6-9(16(2)15-7)14-11(17)10-8(12)4-3-5-13-10/h3-6H,12H2,1-2H3,(H,14,17). The van der Waals surface area contributed by atoms with Gasteiger partial charge in [-0.3, -0.25) is 9.48 Å². The molecule has 6 nitrogen and oxygen atoms in total. The van der Waals surface area contributed by atoms with Crippen LogP contribution in [0, 0.1) is 6.92 Å². The van der Waals surface area contributed by atoms with Crippen LogP contribution in [-0.4, -0.2) is 20.7 Å². The van der Waals surface area contributed by atoms with Crippen LogP contribution in [-0.2, 0) is 7.05 Å². The molecule has 2 aromatic rings. The fraction of sp³-hybridized carbons (Fsp3) is 0.182. The number of nitrogens with two attached hydrogens (primary N) is 1. The third kappa shape index (κ3) is 2.25. The molecule has 0 aliphatic heterocycles. The van der Waals surface area contributed by atoms with Crippen molar-refractivity contribution in [2.24, 2.45) is 7.05 Å². The molecular formula is C11H13N5O. The average molecular weight is 231 g/mol. The van der Waals surface area contributed by atoms with Gasteiger partial charge in [-0.05, 0) is 19.1 Å². The number of nitrogens with one attached hydrogen (secondary N) is 1. The number of pyridine rings is 1. The molecule has 17 heavy (non-hydrogen) atoms. The summed E-state index contributed by atoms with van der Waals surface area (Å²) in [6.45, 7) is 1.85. The number of amides is 1. The van der Waals surface area contributed by atoms with Crippen LogP contribution in [0.25, 0.3) is 0 Å². The van der Waals surface area contributed by atoms with Crippen molar-refractivity contribution >= 4 is 17.4 Å². The maximum absolute atomic E-state index is 11.9. The normalized spacial score (nSPS) is 10.2. The molecular weight excluding hydrogens is 218 g/mol. The second kappa shape index (κ2) is 4.25. The Morgan fingerprint density at radius 1 is 1.53 bits per heavy atom. The first-order chi connectivity index (χ1) is 8.08. The number of rotatable bonds is 2. The third-order valence-electron chi connectivity index (χ3n) is 2.30. The highest BCUT2D eigenvalue weighted by Gasteiger charge is 2.12. The van der Waals surface area contributed by atoms with Crippen molar-refractivity contribution in [2.45, 2.75) is 6.92 Å². The van der Waals surface area contributed by atoms with E-state index in [2.05, 4.69) is 15.4 Å². The second-order valence-electron chi connectivity index (χ2n) is 3.69. The minimum Gasteiger partial charge on any atom is -0.397 e. The zero-order valence-corrected chi connectivity index (χ0v) is 9.64. The molecule has 2 heterocycles. The van der Waals surface area contributed by atoms with Crippen molar-refractivity contribution in [3.63, 3.8) is 0 Å². The minimum atomic E-state index is -0.342. The largest absolute Gasteiger partial charge is 0.397 e. The maximum atomic E-state index is 11.9. The molecule has 0 fully saturated rings. The van der Waals surface area contributed by atoms with Crippen LogP contribution in [0.15, 0.2) is 24.4 Å². The Bertz CT molecular complexity index is 561. The molecule has 2 rings (SSSR count). The van der Waals surface area contributed by atoms with Crippen molar-refractivity contribution < 1.29 is 4.79 Å². The zero-order chi connectivity index (χ0) is 12.4. The number of nitrogen functional groups attached to an aromatic ring is 1. The van der Waals surface area contributed by atoms with Gasteiger partial charge in [-0.25, -0.2) is 4.98 Å². The van der Waals surface area contributed by atoms with Crippen LogP contribution in [0.5, 0.6) is 0 Å². The Morgan fingerprint density at radius 3 is 2.88 bits per heavy atom. The molecule has 0 aromatic carbocycles. The van der Waals surface area contributed by atoms with Crippen molar-refractivity contribution in [3.8, 4) is 0 Å². The van der Waals surface area contributed by atoms with Crippen LogP contribution in [0.3, 0.4) is 0 Å². The van der Waals surface area contributed by atoms with E-state index >= 15 is 0 Å². The lowest BCUT2D eigenvalue weighted by atomic mass is 10.3. The van der Waals surface area contributed by atoms with Crippen LogP contribution < -0.4 is 11.1 Å². The van der Waals surface area contributed by atoms with Crippen molar-refractivity contribution in [1.29, 1.82) is 0 Å². The van der Waals surface area contributed by atoms with Gasteiger partial charge in [0.2, 0.25) is 0 Å². The highest BCUT2D eigenvalue weighted by molar-refractivity contribution is 6.05. The van der Waals surface area contributed by atoms with E-state index in [-0.39, 0.29) is 11.6 Å². The molecule has 0 unspecified atom stereocenters. The van der Waals surface area contributed by atoms with Gasteiger partial charge in [-0.15, -0.1) is 0 Å². The lowest BCUT2D eigenvalue weighted by Gasteiger charge is -2.05. The van der Waals surface area contributed by atoms with E-state index in [0.29, 0.717) is 11.5 Å². The predicted molar refractivity (Wildman–Crippen MR) is 64.5 cm³/mol. The summed E-state index contributed by atoms with van der Waals surface area (Å²) in [6.07, 6.45) is 1.53. The summed E-state index contributed by atoms with van der Waals surface area (Å²) < 4.78 is 1.59. The van der Waals surface area contributed by atoms with Gasteiger partial charge < -0.3 is 11.1 Å². The monoisotopic (exact) mass is 231 g/mol. The van der Waals surface area contributed by atoms with Gasteiger partial charge in [-0.1, -0.05) is 0 Å². The smallest absolute Gasteiger partial charge is 0.277 e. The summed E-state index contributed by atoms with van der Waals surface area (Å²) in [5.41, 5.74) is 7.07. The minimum absolute atomic E-state index is 0.214. The van der Waals surface area contributed by atoms with E-state index in [1.165, 1.54) is 6.20 Å². The van der Waals surface area contributed by atoms with E-state index in [1.54, 1.807) is 29.9 Å². The van der Waals surface area contributed by atoms with Gasteiger partial charge in [0.05, 0.1) is 11.4 Å². The molecule has 0 aliphatic carbocycles. The molecule has 2 aromatic heterocycles. The number of nitrogens with zero attached hydrogens (tertiary/aromatic N) is 3. The number of anilines is 2. The highest BCUT2D eigenvalue weighted by Crippen LogP contribution is 2.12. The van der Waals surface area contributed by atoms with Gasteiger partial charge in [0.1, 0.15) is 5.82 Å². The summed E-state index contributed by atoms with van der Waals surface area (Å²) in [5, 5.41) is 6.84. The topological polar surface area (TPSA) is 85.8 Å². The number of hydrogen-bond acceptors (Lipinski definition) is 4. The van der Waals surface area contributed by atoms with Crippen LogP contribution in [0.4, 0.5) is 11.5 Å². The first-order valence-corrected chi connectivity index (χ1v) is 5.10. The zero-order valence-electron chi connectivity index (χ0n) is 9.64. The first-order valence-electron chi connectivity index (χ1n) is 5.10. The molecule has 3 N–H and O–H groups in total. The summed E-state index contributed by atoms with van der Waals surface area (Å²) in [6, 6.07) is 5.09. The average Bonchev–Trinajstić information content (AvgIpc) is 2.58. The predicted octanol–water partition coefficient (Wildman–Crippen LogP) is 0.958. The quantitative estimate of drug-likeness (QED) is 0.806. The van der Waals surface area contributed by atoms with Gasteiger partial charge in [0.15, 0.2) is 5.69 Å². The summed E-state index contributed by atoms with van der Waals surface area (Å²) >= 11 is 0. The Labute approximate surface area is 98.5 Å². The fourth-order valence-corrected chi connectivity index (χ4v) is 1.51. The van der Waals surface area contributed by atoms with E-state index in [9.17, 15) is 4.79 Å². The Morgan fingerprint density at radius 2 is 2.29 bits per heavy atom. The molecule has 0 spiro atoms. The van der Waals surface area contributed by atoms with E-state index in [1.807, 2.05) is 6.92 Å². The van der Waals surface area contributed by atoms with Crippen molar-refractivity contribution in [2.75, 3.05) is 11.1 Å². The van der Waals surface area contributed by atoms with Crippen LogP contribution in [0.2, 0.25) is 0 Å². The van der Waals surface area contributed by atoms with Crippen molar-refractivity contribution in [1.82, 2.24) is 14.8 Å². The van der Waals surface area contributed by atoms with Gasteiger partial charge in [0.25, 0.3) is 5.91 Å². The number of carbonyl (C=O) groups is 1. The molecule has 0 saturated heterocycles. The second-order valence-corrected chi connectivity index (χ2v) is 3.69. The summed E-state index contributed by atoms with van der Waals surface area (Å²) in [5.74, 6) is 0.267. The molecule has 0 saturated carbocycles. The van der Waals surface area contributed by atoms with Gasteiger partial charge in [0, 0.05) is 19.3 Å². The number of carbonyl (C=O) groups excluding carboxylic acids is 1. The molecule has 0 atom stereocenters. The number of aromatic nitrogens is 3. The molecule has 0 aliphatic rings. The Hall–Kier alpha value is -2.37. The SMILES string of the molecule is Cc1cc(NC(=O)c2ncccc2N)n(C)n1. The number of hydrogen-bond donors (Lipinski definition) is 2. The maximum Gasteiger partial charge on any atom is 0.277 e. The molecule has 88 valence electrons. The summed E-state index contributed by atoms with van der Waals surface area (Å²) in [4.78, 5) is 15.8. The lowest BCUT2D eigenvalue weighted by Crippen LogP contribution is -2.17. The molecule has 0 bridgehead atoms. The Kier molecular flexibility index (Phi) is 2.78. The Balaban J connectivity index is 2.23. The van der Waals surface area contributed by atoms with E-state index in [4.69, 9.17) is 5.73 Å².